The number of aromatic nitrogens is 2. The molecule has 0 saturated carbocycles. The molecule has 1 aliphatic heterocycles. The molecule has 3 rings (SSSR count). The fourth-order valence-corrected chi connectivity index (χ4v) is 3.59. The third-order valence-electron chi connectivity index (χ3n) is 5.27. The maximum absolute atomic E-state index is 12.4. The molecule has 2 heterocycles. The van der Waals surface area contributed by atoms with Crippen LogP contribution < -0.4 is 16.6 Å². The van der Waals surface area contributed by atoms with Crippen LogP contribution in [0.5, 0.6) is 0 Å². The second kappa shape index (κ2) is 11.5. The Morgan fingerprint density at radius 3 is 2.57 bits per heavy atom. The number of carbonyl (C=O) groups excluding carboxylic acids is 3. The van der Waals surface area contributed by atoms with E-state index < -0.39 is 47.9 Å². The van der Waals surface area contributed by atoms with Crippen LogP contribution in [-0.2, 0) is 28.5 Å². The van der Waals surface area contributed by atoms with E-state index in [1.165, 1.54) is 31.5 Å². The van der Waals surface area contributed by atoms with Crippen molar-refractivity contribution < 1.29 is 33.3 Å². The minimum atomic E-state index is -1.02. The lowest BCUT2D eigenvalue weighted by atomic mass is 10.1. The molecule has 1 saturated heterocycles. The topological polar surface area (TPSA) is 155 Å². The molecule has 35 heavy (non-hydrogen) atoms. The van der Waals surface area contributed by atoms with Crippen molar-refractivity contribution in [3.8, 4) is 0 Å². The Morgan fingerprint density at radius 2 is 1.91 bits per heavy atom. The molecule has 1 aromatic carbocycles. The van der Waals surface area contributed by atoms with Crippen molar-refractivity contribution in [1.29, 1.82) is 0 Å². The van der Waals surface area contributed by atoms with E-state index in [0.29, 0.717) is 11.1 Å². The molecule has 0 bridgehead atoms. The molecule has 12 heteroatoms. The van der Waals surface area contributed by atoms with Gasteiger partial charge in [0.1, 0.15) is 31.1 Å². The van der Waals surface area contributed by atoms with Crippen LogP contribution in [0.3, 0.4) is 0 Å². The summed E-state index contributed by atoms with van der Waals surface area (Å²) in [5.74, 6) is -0.860. The van der Waals surface area contributed by atoms with Gasteiger partial charge in [-0.25, -0.2) is 9.59 Å². The highest BCUT2D eigenvalue weighted by Crippen LogP contribution is 2.30. The molecular formula is C23H27N3O9. The third-order valence-corrected chi connectivity index (χ3v) is 5.27. The number of aryl methyl sites for hydroxylation is 1. The molecule has 0 radical (unpaired) electrons. The van der Waals surface area contributed by atoms with Gasteiger partial charge in [-0.3, -0.25) is 23.9 Å². The van der Waals surface area contributed by atoms with Gasteiger partial charge in [-0.1, -0.05) is 30.3 Å². The molecule has 1 amide bonds. The van der Waals surface area contributed by atoms with Gasteiger partial charge in [0.15, 0.2) is 0 Å². The lowest BCUT2D eigenvalue weighted by molar-refractivity contribution is -0.150. The number of carbonyl (C=O) groups is 3. The standard InChI is InChI=1S/C23H27N3O9/c1-13-11-26(22(30)25-21(13)29)20-9-17(33-15(3)28)19(34-20)12-32-23(31)35-18(10-24-14(2)27)16-7-5-4-6-8-16/h4-8,11,17-20H,9-10,12H2,1-3H3,(H,24,27)(H,25,29,30)/t17-,18?,19+,20+/m0/s1. The highest BCUT2D eigenvalue weighted by Gasteiger charge is 2.40. The number of H-pyrrole nitrogens is 1. The number of esters is 1. The fraction of sp³-hybridized carbons (Fsp3) is 0.435. The molecule has 1 aliphatic rings. The van der Waals surface area contributed by atoms with Crippen LogP contribution in [0.2, 0.25) is 0 Å². The lowest BCUT2D eigenvalue weighted by Gasteiger charge is -2.21. The Balaban J connectivity index is 1.67. The first-order valence-electron chi connectivity index (χ1n) is 10.9. The number of hydrogen-bond donors (Lipinski definition) is 2. The molecule has 4 atom stereocenters. The van der Waals surface area contributed by atoms with E-state index in [1.54, 1.807) is 30.3 Å². The van der Waals surface area contributed by atoms with Crippen LogP contribution in [0.1, 0.15) is 43.7 Å². The molecule has 1 aromatic heterocycles. The number of nitrogens with zero attached hydrogens (tertiary/aromatic N) is 1. The predicted molar refractivity (Wildman–Crippen MR) is 120 cm³/mol. The molecule has 2 aromatic rings. The van der Waals surface area contributed by atoms with E-state index in [0.717, 1.165) is 0 Å². The van der Waals surface area contributed by atoms with Crippen LogP contribution in [-0.4, -0.2) is 52.9 Å². The van der Waals surface area contributed by atoms with E-state index in [4.69, 9.17) is 18.9 Å². The highest BCUT2D eigenvalue weighted by molar-refractivity contribution is 5.72. The molecule has 1 unspecified atom stereocenters. The van der Waals surface area contributed by atoms with Gasteiger partial charge in [0.05, 0.1) is 6.54 Å². The number of nitrogens with one attached hydrogen (secondary N) is 2. The first-order chi connectivity index (χ1) is 16.6. The van der Waals surface area contributed by atoms with Crippen LogP contribution in [0.15, 0.2) is 46.1 Å². The summed E-state index contributed by atoms with van der Waals surface area (Å²) in [6.07, 6.45) is -2.92. The molecule has 188 valence electrons. The average Bonchev–Trinajstić information content (AvgIpc) is 3.19. The van der Waals surface area contributed by atoms with Gasteiger partial charge >= 0.3 is 17.8 Å². The SMILES string of the molecule is CC(=O)NCC(OC(=O)OC[C@H]1O[C@@H](n2cc(C)c(=O)[nH]c2=O)C[C@@H]1OC(C)=O)c1ccccc1. The van der Waals surface area contributed by atoms with Gasteiger partial charge in [-0.15, -0.1) is 0 Å². The monoisotopic (exact) mass is 489 g/mol. The van der Waals surface area contributed by atoms with E-state index in [-0.39, 0.29) is 25.5 Å². The number of amides is 1. The quantitative estimate of drug-likeness (QED) is 0.519. The number of benzene rings is 1. The Kier molecular flexibility index (Phi) is 8.42. The van der Waals surface area contributed by atoms with Gasteiger partial charge in [0.2, 0.25) is 5.91 Å². The van der Waals surface area contributed by atoms with Gasteiger partial charge in [-0.05, 0) is 12.5 Å². The second-order valence-electron chi connectivity index (χ2n) is 8.01. The van der Waals surface area contributed by atoms with Crippen molar-refractivity contribution in [1.82, 2.24) is 14.9 Å². The molecule has 2 N–H and O–H groups in total. The van der Waals surface area contributed by atoms with Gasteiger partial charge in [0.25, 0.3) is 5.56 Å². The number of aromatic amines is 1. The molecular weight excluding hydrogens is 462 g/mol. The summed E-state index contributed by atoms with van der Waals surface area (Å²) in [4.78, 5) is 61.4. The smallest absolute Gasteiger partial charge is 0.459 e. The number of hydrogen-bond acceptors (Lipinski definition) is 9. The maximum atomic E-state index is 12.4. The van der Waals surface area contributed by atoms with E-state index in [1.807, 2.05) is 0 Å². The summed E-state index contributed by atoms with van der Waals surface area (Å²) >= 11 is 0. The van der Waals surface area contributed by atoms with Crippen LogP contribution in [0.25, 0.3) is 0 Å². The molecule has 0 aliphatic carbocycles. The fourth-order valence-electron chi connectivity index (χ4n) is 3.59. The van der Waals surface area contributed by atoms with Gasteiger partial charge in [0, 0.05) is 32.0 Å². The third kappa shape index (κ3) is 7.03. The lowest BCUT2D eigenvalue weighted by Crippen LogP contribution is -2.34. The molecule has 1 fully saturated rings. The zero-order valence-corrected chi connectivity index (χ0v) is 19.5. The Morgan fingerprint density at radius 1 is 1.20 bits per heavy atom. The van der Waals surface area contributed by atoms with Gasteiger partial charge < -0.3 is 24.3 Å². The molecule has 0 spiro atoms. The Labute approximate surface area is 200 Å². The summed E-state index contributed by atoms with van der Waals surface area (Å²) in [6, 6.07) is 8.81. The van der Waals surface area contributed by atoms with Gasteiger partial charge in [-0.2, -0.15) is 0 Å². The van der Waals surface area contributed by atoms with Crippen molar-refractivity contribution in [3.05, 3.63) is 68.5 Å². The first-order valence-corrected chi connectivity index (χ1v) is 10.9. The predicted octanol–water partition coefficient (Wildman–Crippen LogP) is 1.09. The number of ether oxygens (including phenoxy) is 4. The van der Waals surface area contributed by atoms with Crippen molar-refractivity contribution in [3.63, 3.8) is 0 Å². The van der Waals surface area contributed by atoms with E-state index in [9.17, 15) is 24.0 Å². The van der Waals surface area contributed by atoms with E-state index in [2.05, 4.69) is 10.3 Å². The average molecular weight is 489 g/mol. The Bertz CT molecular complexity index is 1170. The number of rotatable bonds is 8. The summed E-state index contributed by atoms with van der Waals surface area (Å²) in [5, 5.41) is 2.60. The summed E-state index contributed by atoms with van der Waals surface area (Å²) in [5.41, 5.74) is -0.250. The first kappa shape index (κ1) is 25.7. The largest absolute Gasteiger partial charge is 0.509 e. The molecule has 12 nitrogen and oxygen atoms in total. The van der Waals surface area contributed by atoms with Crippen LogP contribution in [0, 0.1) is 6.92 Å². The maximum Gasteiger partial charge on any atom is 0.509 e. The minimum absolute atomic E-state index is 0.0427. The van der Waals surface area contributed by atoms with Crippen molar-refractivity contribution >= 4 is 18.0 Å². The van der Waals surface area contributed by atoms with Crippen molar-refractivity contribution in [2.45, 2.75) is 51.7 Å². The minimum Gasteiger partial charge on any atom is -0.459 e. The highest BCUT2D eigenvalue weighted by atomic mass is 16.7. The van der Waals surface area contributed by atoms with Crippen LogP contribution >= 0.6 is 0 Å². The zero-order chi connectivity index (χ0) is 25.5. The van der Waals surface area contributed by atoms with Crippen LogP contribution in [0.4, 0.5) is 4.79 Å². The summed E-state index contributed by atoms with van der Waals surface area (Å²) in [7, 11) is 0. The van der Waals surface area contributed by atoms with Crippen molar-refractivity contribution in [2.75, 3.05) is 13.2 Å². The normalized spacial score (nSPS) is 20.0. The second-order valence-corrected chi connectivity index (χ2v) is 8.01. The van der Waals surface area contributed by atoms with E-state index >= 15 is 0 Å². The summed E-state index contributed by atoms with van der Waals surface area (Å²) < 4.78 is 22.9. The summed E-state index contributed by atoms with van der Waals surface area (Å²) in [6.45, 7) is 3.82. The van der Waals surface area contributed by atoms with Crippen molar-refractivity contribution in [2.24, 2.45) is 0 Å². The zero-order valence-electron chi connectivity index (χ0n) is 19.5. The Hall–Kier alpha value is -3.93.